The molecule has 6 heteroatoms. The van der Waals surface area contributed by atoms with Crippen molar-refractivity contribution in [1.82, 2.24) is 20.4 Å². The van der Waals surface area contributed by atoms with E-state index in [-0.39, 0.29) is 24.0 Å². The van der Waals surface area contributed by atoms with Gasteiger partial charge in [-0.15, -0.1) is 24.0 Å². The van der Waals surface area contributed by atoms with Crippen molar-refractivity contribution < 1.29 is 0 Å². The van der Waals surface area contributed by atoms with Gasteiger partial charge in [0.1, 0.15) is 0 Å². The lowest BCUT2D eigenvalue weighted by Gasteiger charge is -2.25. The second kappa shape index (κ2) is 9.94. The quantitative estimate of drug-likeness (QED) is 0.386. The first-order valence-electron chi connectivity index (χ1n) is 9.17. The van der Waals surface area contributed by atoms with Crippen molar-refractivity contribution >= 4 is 29.9 Å². The summed E-state index contributed by atoms with van der Waals surface area (Å²) in [4.78, 5) is 4.38. The Hall–Kier alpha value is -1.57. The smallest absolute Gasteiger partial charge is 0.191 e. The largest absolute Gasteiger partial charge is 0.356 e. The number of benzene rings is 1. The van der Waals surface area contributed by atoms with Crippen LogP contribution in [-0.4, -0.2) is 29.3 Å². The highest BCUT2D eigenvalue weighted by Crippen LogP contribution is 2.36. The molecule has 0 atom stereocenters. The van der Waals surface area contributed by atoms with Crippen molar-refractivity contribution in [3.05, 3.63) is 53.9 Å². The predicted molar refractivity (Wildman–Crippen MR) is 118 cm³/mol. The molecule has 142 valence electrons. The maximum absolute atomic E-state index is 4.38. The number of guanidine groups is 1. The van der Waals surface area contributed by atoms with Gasteiger partial charge in [-0.25, -0.2) is 0 Å². The van der Waals surface area contributed by atoms with Crippen molar-refractivity contribution in [1.29, 1.82) is 0 Å². The Balaban J connectivity index is 0.00000243. The molecule has 1 aliphatic carbocycles. The molecule has 0 aliphatic heterocycles. The molecule has 0 amide bonds. The average molecular weight is 467 g/mol. The molecule has 1 heterocycles. The van der Waals surface area contributed by atoms with Crippen LogP contribution in [0.3, 0.4) is 0 Å². The summed E-state index contributed by atoms with van der Waals surface area (Å²) in [6.07, 6.45) is 9.13. The summed E-state index contributed by atoms with van der Waals surface area (Å²) in [5.74, 6) is 0.877. The Morgan fingerprint density at radius 1 is 1.15 bits per heavy atom. The third-order valence-corrected chi connectivity index (χ3v) is 5.17. The maximum Gasteiger partial charge on any atom is 0.191 e. The molecule has 5 nitrogen and oxygen atoms in total. The zero-order chi connectivity index (χ0) is 17.5. The van der Waals surface area contributed by atoms with E-state index in [0.717, 1.165) is 25.6 Å². The number of aliphatic imine (C=N–C) groups is 1. The molecule has 2 aromatic rings. The van der Waals surface area contributed by atoms with Gasteiger partial charge in [0.25, 0.3) is 0 Å². The van der Waals surface area contributed by atoms with Crippen molar-refractivity contribution in [3.8, 4) is 0 Å². The van der Waals surface area contributed by atoms with Crippen LogP contribution in [0.5, 0.6) is 0 Å². The van der Waals surface area contributed by atoms with Gasteiger partial charge in [0.05, 0.1) is 6.54 Å². The minimum atomic E-state index is 0. The lowest BCUT2D eigenvalue weighted by molar-refractivity contribution is 0.334. The van der Waals surface area contributed by atoms with Gasteiger partial charge in [0.15, 0.2) is 5.96 Å². The van der Waals surface area contributed by atoms with Crippen LogP contribution in [0.1, 0.15) is 43.7 Å². The monoisotopic (exact) mass is 467 g/mol. The Bertz CT molecular complexity index is 690. The van der Waals surface area contributed by atoms with E-state index >= 15 is 0 Å². The van der Waals surface area contributed by atoms with Gasteiger partial charge in [-0.3, -0.25) is 9.67 Å². The first-order chi connectivity index (χ1) is 12.2. The molecule has 1 saturated carbocycles. The van der Waals surface area contributed by atoms with Crippen LogP contribution in [0, 0.1) is 5.41 Å². The van der Waals surface area contributed by atoms with Crippen LogP contribution in [0.2, 0.25) is 0 Å². The summed E-state index contributed by atoms with van der Waals surface area (Å²) in [7, 11) is 1.84. The van der Waals surface area contributed by atoms with Gasteiger partial charge in [-0.2, -0.15) is 5.10 Å². The average Bonchev–Trinajstić information content (AvgIpc) is 3.28. The van der Waals surface area contributed by atoms with Crippen molar-refractivity contribution in [2.75, 3.05) is 13.6 Å². The third kappa shape index (κ3) is 5.72. The SMILES string of the molecule is CN=C(NCc1ccccc1Cn1cccn1)NCC1(C)CCCC1.I. The van der Waals surface area contributed by atoms with E-state index < -0.39 is 0 Å². The van der Waals surface area contributed by atoms with Gasteiger partial charge in [0.2, 0.25) is 0 Å². The van der Waals surface area contributed by atoms with E-state index in [4.69, 9.17) is 0 Å². The highest BCUT2D eigenvalue weighted by atomic mass is 127. The number of hydrogen-bond donors (Lipinski definition) is 2. The summed E-state index contributed by atoms with van der Waals surface area (Å²) < 4.78 is 1.95. The number of nitrogens with zero attached hydrogens (tertiary/aromatic N) is 3. The van der Waals surface area contributed by atoms with Crippen LogP contribution in [0.25, 0.3) is 0 Å². The zero-order valence-corrected chi connectivity index (χ0v) is 18.1. The molecule has 0 spiro atoms. The van der Waals surface area contributed by atoms with Crippen LogP contribution < -0.4 is 10.6 Å². The minimum Gasteiger partial charge on any atom is -0.356 e. The molecule has 3 rings (SSSR count). The summed E-state index contributed by atoms with van der Waals surface area (Å²) in [6, 6.07) is 10.4. The van der Waals surface area contributed by atoms with Crippen LogP contribution in [-0.2, 0) is 13.1 Å². The van der Waals surface area contributed by atoms with E-state index in [1.807, 2.05) is 30.2 Å². The topological polar surface area (TPSA) is 54.2 Å². The first-order valence-corrected chi connectivity index (χ1v) is 9.17. The molecule has 2 N–H and O–H groups in total. The molecular weight excluding hydrogens is 437 g/mol. The Labute approximate surface area is 173 Å². The van der Waals surface area contributed by atoms with Crippen LogP contribution in [0.4, 0.5) is 0 Å². The molecule has 0 bridgehead atoms. The molecular formula is C20H30IN5. The summed E-state index contributed by atoms with van der Waals surface area (Å²) in [5.41, 5.74) is 2.96. The Kier molecular flexibility index (Phi) is 7.93. The number of rotatable bonds is 6. The van der Waals surface area contributed by atoms with Crippen molar-refractivity contribution in [2.45, 2.75) is 45.7 Å². The Morgan fingerprint density at radius 3 is 2.54 bits per heavy atom. The number of hydrogen-bond acceptors (Lipinski definition) is 2. The van der Waals surface area contributed by atoms with E-state index in [1.54, 1.807) is 0 Å². The molecule has 1 aromatic heterocycles. The second-order valence-electron chi connectivity index (χ2n) is 7.27. The standard InChI is InChI=1S/C20H29N5.HI/c1-20(10-5-6-11-20)16-23-19(21-2)22-14-17-8-3-4-9-18(17)15-25-13-7-12-24-25;/h3-4,7-9,12-13H,5-6,10-11,14-16H2,1-2H3,(H2,21,22,23);1H. The third-order valence-electron chi connectivity index (χ3n) is 5.17. The molecule has 0 saturated heterocycles. The molecule has 0 radical (unpaired) electrons. The predicted octanol–water partition coefficient (Wildman–Crippen LogP) is 3.79. The van der Waals surface area contributed by atoms with Gasteiger partial charge >= 0.3 is 0 Å². The van der Waals surface area contributed by atoms with E-state index in [1.165, 1.54) is 36.8 Å². The molecule has 1 aliphatic rings. The van der Waals surface area contributed by atoms with Crippen LogP contribution >= 0.6 is 24.0 Å². The maximum atomic E-state index is 4.38. The normalized spacial score (nSPS) is 16.2. The highest BCUT2D eigenvalue weighted by molar-refractivity contribution is 14.0. The lowest BCUT2D eigenvalue weighted by atomic mass is 9.89. The lowest BCUT2D eigenvalue weighted by Crippen LogP contribution is -2.41. The number of nitrogens with one attached hydrogen (secondary N) is 2. The summed E-state index contributed by atoms with van der Waals surface area (Å²) >= 11 is 0. The summed E-state index contributed by atoms with van der Waals surface area (Å²) in [6.45, 7) is 4.91. The van der Waals surface area contributed by atoms with Gasteiger partial charge in [-0.1, -0.05) is 44.0 Å². The zero-order valence-electron chi connectivity index (χ0n) is 15.7. The molecule has 0 unspecified atom stereocenters. The van der Waals surface area contributed by atoms with Gasteiger partial charge < -0.3 is 10.6 Å². The fourth-order valence-electron chi connectivity index (χ4n) is 3.55. The highest BCUT2D eigenvalue weighted by Gasteiger charge is 2.28. The molecule has 26 heavy (non-hydrogen) atoms. The summed E-state index contributed by atoms with van der Waals surface area (Å²) in [5, 5.41) is 11.3. The van der Waals surface area contributed by atoms with E-state index in [9.17, 15) is 0 Å². The first kappa shape index (κ1) is 20.7. The second-order valence-corrected chi connectivity index (χ2v) is 7.27. The van der Waals surface area contributed by atoms with E-state index in [2.05, 4.69) is 51.9 Å². The van der Waals surface area contributed by atoms with Gasteiger partial charge in [-0.05, 0) is 35.4 Å². The fraction of sp³-hybridized carbons (Fsp3) is 0.500. The number of halogens is 1. The molecule has 1 fully saturated rings. The van der Waals surface area contributed by atoms with E-state index in [0.29, 0.717) is 5.41 Å². The molecule has 1 aromatic carbocycles. The van der Waals surface area contributed by atoms with Crippen LogP contribution in [0.15, 0.2) is 47.7 Å². The minimum absolute atomic E-state index is 0. The van der Waals surface area contributed by atoms with Crippen molar-refractivity contribution in [3.63, 3.8) is 0 Å². The fourth-order valence-corrected chi connectivity index (χ4v) is 3.55. The number of aromatic nitrogens is 2. The van der Waals surface area contributed by atoms with Gasteiger partial charge in [0, 0.05) is 32.5 Å². The Morgan fingerprint density at radius 2 is 1.88 bits per heavy atom. The van der Waals surface area contributed by atoms with Crippen molar-refractivity contribution in [2.24, 2.45) is 10.4 Å².